The van der Waals surface area contributed by atoms with Crippen LogP contribution in [-0.2, 0) is 0 Å². The van der Waals surface area contributed by atoms with E-state index in [0.717, 1.165) is 38.4 Å². The molecule has 1 aliphatic rings. The van der Waals surface area contributed by atoms with Crippen LogP contribution in [0.5, 0.6) is 0 Å². The minimum Gasteiger partial charge on any atom is -0.351 e. The van der Waals surface area contributed by atoms with Gasteiger partial charge in [0.1, 0.15) is 0 Å². The molecule has 1 heterocycles. The van der Waals surface area contributed by atoms with E-state index in [1.54, 1.807) is 4.90 Å². The van der Waals surface area contributed by atoms with Crippen LogP contribution in [0.2, 0.25) is 0 Å². The molecule has 1 atom stereocenters. The highest BCUT2D eigenvalue weighted by atomic mass is 16.2. The zero-order chi connectivity index (χ0) is 12.0. The molecule has 0 spiro atoms. The molecule has 0 aromatic heterocycles. The van der Waals surface area contributed by atoms with Crippen LogP contribution in [-0.4, -0.2) is 36.6 Å². The van der Waals surface area contributed by atoms with E-state index in [1.165, 1.54) is 12.8 Å². The Balaban J connectivity index is 2.14. The molecular weight excluding hydrogens is 202 g/mol. The van der Waals surface area contributed by atoms with Crippen LogP contribution >= 0.6 is 0 Å². The number of piperidine rings is 1. The fourth-order valence-electron chi connectivity index (χ4n) is 2.27. The van der Waals surface area contributed by atoms with Gasteiger partial charge in [0.05, 0.1) is 0 Å². The molecule has 4 nitrogen and oxygen atoms in total. The topological polar surface area (TPSA) is 58.4 Å². The minimum atomic E-state index is -0.280. The minimum absolute atomic E-state index is 0.280. The average molecular weight is 227 g/mol. The van der Waals surface area contributed by atoms with Crippen molar-refractivity contribution in [3.05, 3.63) is 0 Å². The standard InChI is InChI=1S/C12H25N3O/c1-3-4-10(2)9-14-11-5-7-15(8-6-11)12(13)16/h10-11,14H,3-9H2,1-2H3,(H2,13,16). The first-order chi connectivity index (χ1) is 7.63. The van der Waals surface area contributed by atoms with Gasteiger partial charge in [-0.15, -0.1) is 0 Å². The second-order valence-corrected chi connectivity index (χ2v) is 4.90. The third-order valence-electron chi connectivity index (χ3n) is 3.34. The van der Waals surface area contributed by atoms with Crippen molar-refractivity contribution in [3.63, 3.8) is 0 Å². The summed E-state index contributed by atoms with van der Waals surface area (Å²) >= 11 is 0. The molecule has 0 radical (unpaired) electrons. The van der Waals surface area contributed by atoms with Crippen molar-refractivity contribution in [1.82, 2.24) is 10.2 Å². The lowest BCUT2D eigenvalue weighted by Gasteiger charge is -2.31. The third kappa shape index (κ3) is 4.39. The summed E-state index contributed by atoms with van der Waals surface area (Å²) in [6.07, 6.45) is 4.60. The SMILES string of the molecule is CCCC(C)CNC1CCN(C(N)=O)CC1. The molecule has 0 aromatic rings. The van der Waals surface area contributed by atoms with Gasteiger partial charge in [0.25, 0.3) is 0 Å². The van der Waals surface area contributed by atoms with Gasteiger partial charge < -0.3 is 16.0 Å². The van der Waals surface area contributed by atoms with Crippen LogP contribution in [0.3, 0.4) is 0 Å². The van der Waals surface area contributed by atoms with Crippen molar-refractivity contribution in [1.29, 1.82) is 0 Å². The summed E-state index contributed by atoms with van der Waals surface area (Å²) in [7, 11) is 0. The van der Waals surface area contributed by atoms with E-state index in [4.69, 9.17) is 5.73 Å². The van der Waals surface area contributed by atoms with Crippen LogP contribution < -0.4 is 11.1 Å². The lowest BCUT2D eigenvalue weighted by Crippen LogP contribution is -2.47. The largest absolute Gasteiger partial charge is 0.351 e. The van der Waals surface area contributed by atoms with E-state index in [1.807, 2.05) is 0 Å². The Morgan fingerprint density at radius 2 is 2.12 bits per heavy atom. The normalized spacial score (nSPS) is 19.8. The number of carbonyl (C=O) groups excluding carboxylic acids is 1. The molecule has 94 valence electrons. The van der Waals surface area contributed by atoms with Crippen molar-refractivity contribution in [2.24, 2.45) is 11.7 Å². The molecule has 1 fully saturated rings. The summed E-state index contributed by atoms with van der Waals surface area (Å²) in [5.41, 5.74) is 5.24. The average Bonchev–Trinajstić information content (AvgIpc) is 2.27. The molecule has 0 saturated carbocycles. The molecule has 1 saturated heterocycles. The van der Waals surface area contributed by atoms with Gasteiger partial charge in [-0.1, -0.05) is 20.3 Å². The van der Waals surface area contributed by atoms with E-state index in [0.29, 0.717) is 6.04 Å². The number of urea groups is 1. The summed E-state index contributed by atoms with van der Waals surface area (Å²) in [6, 6.07) is 0.285. The number of likely N-dealkylation sites (tertiary alicyclic amines) is 1. The van der Waals surface area contributed by atoms with Crippen LogP contribution in [0, 0.1) is 5.92 Å². The Labute approximate surface area is 98.6 Å². The number of primary amides is 1. The molecule has 0 aromatic carbocycles. The molecule has 1 aliphatic heterocycles. The number of hydrogen-bond acceptors (Lipinski definition) is 2. The highest BCUT2D eigenvalue weighted by molar-refractivity contribution is 5.72. The van der Waals surface area contributed by atoms with Gasteiger partial charge in [0.2, 0.25) is 0 Å². The quantitative estimate of drug-likeness (QED) is 0.748. The van der Waals surface area contributed by atoms with Crippen molar-refractivity contribution in [2.45, 2.75) is 45.6 Å². The van der Waals surface area contributed by atoms with E-state index in [-0.39, 0.29) is 6.03 Å². The van der Waals surface area contributed by atoms with E-state index >= 15 is 0 Å². The second-order valence-electron chi connectivity index (χ2n) is 4.90. The summed E-state index contributed by atoms with van der Waals surface area (Å²) in [5.74, 6) is 0.749. The molecule has 0 bridgehead atoms. The van der Waals surface area contributed by atoms with Crippen molar-refractivity contribution in [3.8, 4) is 0 Å². The number of rotatable bonds is 5. The summed E-state index contributed by atoms with van der Waals surface area (Å²) < 4.78 is 0. The van der Waals surface area contributed by atoms with Gasteiger partial charge >= 0.3 is 6.03 Å². The smallest absolute Gasteiger partial charge is 0.314 e. The number of hydrogen-bond donors (Lipinski definition) is 2. The summed E-state index contributed by atoms with van der Waals surface area (Å²) in [5, 5.41) is 3.59. The lowest BCUT2D eigenvalue weighted by molar-refractivity contribution is 0.184. The van der Waals surface area contributed by atoms with Crippen LogP contribution in [0.25, 0.3) is 0 Å². The number of amides is 2. The monoisotopic (exact) mass is 227 g/mol. The molecule has 0 aliphatic carbocycles. The maximum absolute atomic E-state index is 10.9. The molecule has 1 unspecified atom stereocenters. The van der Waals surface area contributed by atoms with Crippen LogP contribution in [0.4, 0.5) is 4.79 Å². The van der Waals surface area contributed by atoms with Crippen molar-refractivity contribution >= 4 is 6.03 Å². The van der Waals surface area contributed by atoms with Gasteiger partial charge in [0, 0.05) is 19.1 Å². The van der Waals surface area contributed by atoms with Gasteiger partial charge in [-0.05, 0) is 31.7 Å². The van der Waals surface area contributed by atoms with E-state index < -0.39 is 0 Å². The van der Waals surface area contributed by atoms with Crippen LogP contribution in [0.15, 0.2) is 0 Å². The number of nitrogens with one attached hydrogen (secondary N) is 1. The zero-order valence-electron chi connectivity index (χ0n) is 10.5. The number of carbonyl (C=O) groups is 1. The molecule has 16 heavy (non-hydrogen) atoms. The first-order valence-corrected chi connectivity index (χ1v) is 6.41. The fraction of sp³-hybridized carbons (Fsp3) is 0.917. The number of nitrogens with zero attached hydrogens (tertiary/aromatic N) is 1. The summed E-state index contributed by atoms with van der Waals surface area (Å²) in [6.45, 7) is 7.20. The highest BCUT2D eigenvalue weighted by Gasteiger charge is 2.20. The second kappa shape index (κ2) is 6.74. The molecule has 2 amide bonds. The fourth-order valence-corrected chi connectivity index (χ4v) is 2.27. The first kappa shape index (κ1) is 13.3. The van der Waals surface area contributed by atoms with Gasteiger partial charge in [0.15, 0.2) is 0 Å². The predicted octanol–water partition coefficient (Wildman–Crippen LogP) is 1.56. The third-order valence-corrected chi connectivity index (χ3v) is 3.34. The van der Waals surface area contributed by atoms with E-state index in [2.05, 4.69) is 19.2 Å². The Morgan fingerprint density at radius 1 is 1.50 bits per heavy atom. The summed E-state index contributed by atoms with van der Waals surface area (Å²) in [4.78, 5) is 12.7. The van der Waals surface area contributed by atoms with E-state index in [9.17, 15) is 4.79 Å². The Morgan fingerprint density at radius 3 is 2.62 bits per heavy atom. The van der Waals surface area contributed by atoms with Crippen LogP contribution in [0.1, 0.15) is 39.5 Å². The highest BCUT2D eigenvalue weighted by Crippen LogP contribution is 2.11. The molecule has 4 heteroatoms. The maximum atomic E-state index is 10.9. The van der Waals surface area contributed by atoms with Crippen molar-refractivity contribution in [2.75, 3.05) is 19.6 Å². The van der Waals surface area contributed by atoms with Crippen molar-refractivity contribution < 1.29 is 4.79 Å². The Bertz CT molecular complexity index is 212. The molecule has 3 N–H and O–H groups in total. The lowest BCUT2D eigenvalue weighted by atomic mass is 10.0. The van der Waals surface area contributed by atoms with Gasteiger partial charge in [-0.3, -0.25) is 0 Å². The molecule has 1 rings (SSSR count). The maximum Gasteiger partial charge on any atom is 0.314 e. The zero-order valence-corrected chi connectivity index (χ0v) is 10.5. The van der Waals surface area contributed by atoms with Gasteiger partial charge in [-0.2, -0.15) is 0 Å². The number of nitrogens with two attached hydrogens (primary N) is 1. The first-order valence-electron chi connectivity index (χ1n) is 6.41. The Hall–Kier alpha value is -0.770. The predicted molar refractivity (Wildman–Crippen MR) is 66.3 cm³/mol. The molecular formula is C12H25N3O. The van der Waals surface area contributed by atoms with Gasteiger partial charge in [-0.25, -0.2) is 4.79 Å². The Kier molecular flexibility index (Phi) is 5.60.